The Morgan fingerprint density at radius 1 is 1.38 bits per heavy atom. The summed E-state index contributed by atoms with van der Waals surface area (Å²) in [6, 6.07) is 1.55. The van der Waals surface area contributed by atoms with Crippen LogP contribution in [0.3, 0.4) is 0 Å². The molecule has 1 amide bonds. The van der Waals surface area contributed by atoms with Crippen LogP contribution in [0.1, 0.15) is 25.1 Å². The summed E-state index contributed by atoms with van der Waals surface area (Å²) in [6.45, 7) is 2.51. The lowest BCUT2D eigenvalue weighted by Crippen LogP contribution is -2.33. The fraction of sp³-hybridized carbons (Fsp3) is 0.312. The maximum Gasteiger partial charge on any atom is 0.244 e. The molecule has 0 radical (unpaired) electrons. The predicted octanol–water partition coefficient (Wildman–Crippen LogP) is 2.11. The fourth-order valence-electron chi connectivity index (χ4n) is 2.34. The van der Waals surface area contributed by atoms with Crippen molar-refractivity contribution in [1.29, 1.82) is 0 Å². The molecule has 0 fully saturated rings. The molecule has 8 heteroatoms. The lowest BCUT2D eigenvalue weighted by molar-refractivity contribution is -0.124. The van der Waals surface area contributed by atoms with Crippen molar-refractivity contribution in [2.24, 2.45) is 0 Å². The van der Waals surface area contributed by atoms with Gasteiger partial charge in [-0.1, -0.05) is 6.92 Å². The van der Waals surface area contributed by atoms with E-state index in [1.54, 1.807) is 35.7 Å². The van der Waals surface area contributed by atoms with Crippen molar-refractivity contribution < 1.29 is 4.79 Å². The van der Waals surface area contributed by atoms with Gasteiger partial charge in [0, 0.05) is 43.1 Å². The molecule has 0 aliphatic heterocycles. The highest BCUT2D eigenvalue weighted by Crippen LogP contribution is 2.20. The van der Waals surface area contributed by atoms with Crippen LogP contribution in [0.25, 0.3) is 10.7 Å². The summed E-state index contributed by atoms with van der Waals surface area (Å²) in [4.78, 5) is 25.1. The van der Waals surface area contributed by atoms with Crippen molar-refractivity contribution in [3.8, 4) is 10.7 Å². The summed E-state index contributed by atoms with van der Waals surface area (Å²) in [5.41, 5.74) is 1.70. The Kier molecular flexibility index (Phi) is 5.27. The van der Waals surface area contributed by atoms with Crippen LogP contribution in [0.4, 0.5) is 0 Å². The second-order valence-electron chi connectivity index (χ2n) is 5.19. The van der Waals surface area contributed by atoms with E-state index in [0.29, 0.717) is 19.4 Å². The summed E-state index contributed by atoms with van der Waals surface area (Å²) >= 11 is 1.53. The zero-order valence-corrected chi connectivity index (χ0v) is 14.1. The van der Waals surface area contributed by atoms with Crippen molar-refractivity contribution in [1.82, 2.24) is 30.0 Å². The minimum Gasteiger partial charge on any atom is -0.354 e. The average molecular weight is 342 g/mol. The van der Waals surface area contributed by atoms with Crippen LogP contribution >= 0.6 is 11.3 Å². The number of carbonyl (C=O) groups is 1. The van der Waals surface area contributed by atoms with Crippen LogP contribution in [-0.2, 0) is 11.2 Å². The number of carbonyl (C=O) groups excluding carboxylic acids is 1. The molecule has 3 heterocycles. The maximum atomic E-state index is 12.3. The van der Waals surface area contributed by atoms with E-state index < -0.39 is 0 Å². The Balaban J connectivity index is 1.53. The quantitative estimate of drug-likeness (QED) is 0.711. The van der Waals surface area contributed by atoms with Crippen molar-refractivity contribution in [3.63, 3.8) is 0 Å². The lowest BCUT2D eigenvalue weighted by Gasteiger charge is -2.15. The molecule has 124 valence electrons. The molecule has 0 bridgehead atoms. The van der Waals surface area contributed by atoms with Crippen LogP contribution in [0.2, 0.25) is 0 Å². The van der Waals surface area contributed by atoms with Gasteiger partial charge in [-0.15, -0.1) is 11.3 Å². The van der Waals surface area contributed by atoms with E-state index in [4.69, 9.17) is 0 Å². The van der Waals surface area contributed by atoms with Gasteiger partial charge >= 0.3 is 0 Å². The SMILES string of the molecule is CC[C@@H](C(=O)NCCc1csc(-c2cnccn2)n1)n1cccn1. The highest BCUT2D eigenvalue weighted by atomic mass is 32.1. The second-order valence-corrected chi connectivity index (χ2v) is 6.04. The van der Waals surface area contributed by atoms with Crippen LogP contribution < -0.4 is 5.32 Å². The Labute approximate surface area is 143 Å². The molecule has 24 heavy (non-hydrogen) atoms. The third-order valence-corrected chi connectivity index (χ3v) is 4.46. The minimum absolute atomic E-state index is 0.0226. The Bertz CT molecular complexity index is 771. The highest BCUT2D eigenvalue weighted by Gasteiger charge is 2.18. The average Bonchev–Trinajstić information content (AvgIpc) is 3.28. The number of hydrogen-bond donors (Lipinski definition) is 1. The Morgan fingerprint density at radius 2 is 2.29 bits per heavy atom. The van der Waals surface area contributed by atoms with E-state index in [-0.39, 0.29) is 11.9 Å². The van der Waals surface area contributed by atoms with Crippen molar-refractivity contribution in [2.45, 2.75) is 25.8 Å². The largest absolute Gasteiger partial charge is 0.354 e. The van der Waals surface area contributed by atoms with E-state index in [9.17, 15) is 4.79 Å². The molecule has 1 atom stereocenters. The smallest absolute Gasteiger partial charge is 0.244 e. The summed E-state index contributed by atoms with van der Waals surface area (Å²) in [5.74, 6) is -0.0226. The molecule has 1 N–H and O–H groups in total. The molecular formula is C16H18N6OS. The third-order valence-electron chi connectivity index (χ3n) is 3.55. The molecule has 3 aromatic rings. The highest BCUT2D eigenvalue weighted by molar-refractivity contribution is 7.13. The van der Waals surface area contributed by atoms with Gasteiger partial charge in [0.1, 0.15) is 16.7 Å². The van der Waals surface area contributed by atoms with Crippen molar-refractivity contribution >= 4 is 17.2 Å². The second kappa shape index (κ2) is 7.78. The van der Waals surface area contributed by atoms with E-state index >= 15 is 0 Å². The number of aromatic nitrogens is 5. The van der Waals surface area contributed by atoms with Gasteiger partial charge in [-0.2, -0.15) is 5.10 Å². The number of thiazole rings is 1. The van der Waals surface area contributed by atoms with E-state index in [1.165, 1.54) is 11.3 Å². The molecule has 0 saturated heterocycles. The van der Waals surface area contributed by atoms with Crippen molar-refractivity contribution in [2.75, 3.05) is 6.54 Å². The normalized spacial score (nSPS) is 12.0. The maximum absolute atomic E-state index is 12.3. The zero-order chi connectivity index (χ0) is 16.8. The van der Waals surface area contributed by atoms with Gasteiger partial charge in [-0.3, -0.25) is 19.4 Å². The number of amides is 1. The molecular weight excluding hydrogens is 324 g/mol. The summed E-state index contributed by atoms with van der Waals surface area (Å²) in [7, 11) is 0. The molecule has 3 rings (SSSR count). The number of hydrogen-bond acceptors (Lipinski definition) is 6. The summed E-state index contributed by atoms with van der Waals surface area (Å²) in [5, 5.41) is 9.93. The van der Waals surface area contributed by atoms with Crippen LogP contribution in [0, 0.1) is 0 Å². The molecule has 0 spiro atoms. The van der Waals surface area contributed by atoms with Gasteiger partial charge in [0.25, 0.3) is 0 Å². The Hall–Kier alpha value is -2.61. The number of nitrogens with one attached hydrogen (secondary N) is 1. The standard InChI is InChI=1S/C16H18N6OS/c1-2-14(22-9-3-5-20-22)15(23)19-6-4-12-11-24-16(21-12)13-10-17-7-8-18-13/h3,5,7-11,14H,2,4,6H2,1H3,(H,19,23)/t14-/m0/s1. The summed E-state index contributed by atoms with van der Waals surface area (Å²) in [6.07, 6.45) is 9.84. The monoisotopic (exact) mass is 342 g/mol. The molecule has 3 aromatic heterocycles. The van der Waals surface area contributed by atoms with Crippen LogP contribution in [0.5, 0.6) is 0 Å². The van der Waals surface area contributed by atoms with Crippen LogP contribution in [0.15, 0.2) is 42.4 Å². The van der Waals surface area contributed by atoms with Gasteiger partial charge in [0.15, 0.2) is 0 Å². The third kappa shape index (κ3) is 3.83. The van der Waals surface area contributed by atoms with Gasteiger partial charge < -0.3 is 5.32 Å². The molecule has 7 nitrogen and oxygen atoms in total. The van der Waals surface area contributed by atoms with Gasteiger partial charge in [0.2, 0.25) is 5.91 Å². The molecule has 0 unspecified atom stereocenters. The first-order valence-corrected chi connectivity index (χ1v) is 8.63. The first kappa shape index (κ1) is 16.3. The molecule has 0 saturated carbocycles. The Morgan fingerprint density at radius 3 is 3.00 bits per heavy atom. The van der Waals surface area contributed by atoms with Gasteiger partial charge in [0.05, 0.1) is 11.9 Å². The number of rotatable bonds is 7. The molecule has 0 aliphatic carbocycles. The minimum atomic E-state index is -0.273. The van der Waals surface area contributed by atoms with Gasteiger partial charge in [-0.05, 0) is 12.5 Å². The first-order chi connectivity index (χ1) is 11.8. The lowest BCUT2D eigenvalue weighted by atomic mass is 10.2. The van der Waals surface area contributed by atoms with E-state index in [2.05, 4.69) is 25.4 Å². The fourth-order valence-corrected chi connectivity index (χ4v) is 3.15. The molecule has 0 aliphatic rings. The van der Waals surface area contributed by atoms with Crippen LogP contribution in [-0.4, -0.2) is 37.2 Å². The van der Waals surface area contributed by atoms with E-state index in [0.717, 1.165) is 16.4 Å². The molecule has 0 aromatic carbocycles. The predicted molar refractivity (Wildman–Crippen MR) is 91.4 cm³/mol. The topological polar surface area (TPSA) is 85.6 Å². The van der Waals surface area contributed by atoms with Gasteiger partial charge in [-0.25, -0.2) is 4.98 Å². The number of nitrogens with zero attached hydrogens (tertiary/aromatic N) is 5. The van der Waals surface area contributed by atoms with Crippen molar-refractivity contribution in [3.05, 3.63) is 48.1 Å². The van der Waals surface area contributed by atoms with E-state index in [1.807, 2.05) is 18.4 Å². The first-order valence-electron chi connectivity index (χ1n) is 7.75. The zero-order valence-electron chi connectivity index (χ0n) is 13.3. The summed E-state index contributed by atoms with van der Waals surface area (Å²) < 4.78 is 1.68.